The van der Waals surface area contributed by atoms with Crippen LogP contribution in [0.25, 0.3) is 5.76 Å². The van der Waals surface area contributed by atoms with Crippen LogP contribution in [0.5, 0.6) is 11.5 Å². The van der Waals surface area contributed by atoms with Gasteiger partial charge in [0.1, 0.15) is 17.2 Å². The summed E-state index contributed by atoms with van der Waals surface area (Å²) in [4.78, 5) is 4.52. The Bertz CT molecular complexity index is 731. The molecule has 2 heterocycles. The standard InChI is InChI=1S/C17H13NO2/c1-3-7-15-13(5-1)17-12(9-10-19-15)11-18-14-6-2-4-8-16(14)20-17/h1-8,11H,9-10H2. The van der Waals surface area contributed by atoms with Gasteiger partial charge in [-0.25, -0.2) is 0 Å². The van der Waals surface area contributed by atoms with Crippen LogP contribution in [0.1, 0.15) is 12.0 Å². The van der Waals surface area contributed by atoms with Crippen LogP contribution in [0.4, 0.5) is 5.69 Å². The first-order valence-electron chi connectivity index (χ1n) is 6.68. The second kappa shape index (κ2) is 4.53. The minimum absolute atomic E-state index is 0.640. The van der Waals surface area contributed by atoms with E-state index in [2.05, 4.69) is 4.99 Å². The topological polar surface area (TPSA) is 30.8 Å². The fraction of sp³-hybridized carbons (Fsp3) is 0.118. The Balaban J connectivity index is 1.90. The molecule has 0 radical (unpaired) electrons. The smallest absolute Gasteiger partial charge is 0.153 e. The maximum atomic E-state index is 6.14. The van der Waals surface area contributed by atoms with E-state index in [0.29, 0.717) is 6.61 Å². The zero-order valence-electron chi connectivity index (χ0n) is 10.9. The SMILES string of the molecule is C1=Nc2ccccc2OC2=C1CCOc1ccccc12. The Morgan fingerprint density at radius 2 is 1.70 bits per heavy atom. The van der Waals surface area contributed by atoms with Crippen molar-refractivity contribution in [2.45, 2.75) is 6.42 Å². The highest BCUT2D eigenvalue weighted by Gasteiger charge is 2.21. The second-order valence-corrected chi connectivity index (χ2v) is 4.78. The molecule has 4 rings (SSSR count). The molecule has 0 N–H and O–H groups in total. The lowest BCUT2D eigenvalue weighted by Crippen LogP contribution is -1.98. The predicted molar refractivity (Wildman–Crippen MR) is 78.7 cm³/mol. The average Bonchev–Trinajstić information content (AvgIpc) is 2.77. The van der Waals surface area contributed by atoms with Crippen molar-refractivity contribution in [2.24, 2.45) is 4.99 Å². The Kier molecular flexibility index (Phi) is 2.56. The predicted octanol–water partition coefficient (Wildman–Crippen LogP) is 3.98. The molecular formula is C17H13NO2. The third-order valence-corrected chi connectivity index (χ3v) is 3.49. The summed E-state index contributed by atoms with van der Waals surface area (Å²) >= 11 is 0. The Hall–Kier alpha value is -2.55. The van der Waals surface area contributed by atoms with Gasteiger partial charge in [0, 0.05) is 18.2 Å². The van der Waals surface area contributed by atoms with Gasteiger partial charge in [-0.1, -0.05) is 24.3 Å². The lowest BCUT2D eigenvalue weighted by Gasteiger charge is -2.12. The summed E-state index contributed by atoms with van der Waals surface area (Å²) in [5, 5.41) is 0. The van der Waals surface area contributed by atoms with Crippen molar-refractivity contribution >= 4 is 17.7 Å². The molecule has 0 bridgehead atoms. The molecule has 0 saturated carbocycles. The number of hydrogen-bond acceptors (Lipinski definition) is 3. The first-order valence-corrected chi connectivity index (χ1v) is 6.68. The zero-order chi connectivity index (χ0) is 13.4. The highest BCUT2D eigenvalue weighted by Crippen LogP contribution is 2.38. The molecule has 2 aromatic carbocycles. The number of benzene rings is 2. The van der Waals surface area contributed by atoms with Gasteiger partial charge in [-0.3, -0.25) is 4.99 Å². The van der Waals surface area contributed by atoms with Gasteiger partial charge in [-0.15, -0.1) is 0 Å². The number of para-hydroxylation sites is 3. The van der Waals surface area contributed by atoms with Crippen molar-refractivity contribution < 1.29 is 9.47 Å². The summed E-state index contributed by atoms with van der Waals surface area (Å²) in [5.74, 6) is 2.50. The number of rotatable bonds is 0. The molecule has 3 nitrogen and oxygen atoms in total. The summed E-state index contributed by atoms with van der Waals surface area (Å²) in [6, 6.07) is 15.8. The van der Waals surface area contributed by atoms with Crippen LogP contribution in [0.3, 0.4) is 0 Å². The van der Waals surface area contributed by atoms with Crippen molar-refractivity contribution in [3.05, 3.63) is 59.7 Å². The molecule has 0 aromatic heterocycles. The van der Waals surface area contributed by atoms with E-state index in [0.717, 1.165) is 40.5 Å². The average molecular weight is 263 g/mol. The van der Waals surface area contributed by atoms with Gasteiger partial charge in [0.15, 0.2) is 5.75 Å². The number of aliphatic imine (C=N–C) groups is 1. The van der Waals surface area contributed by atoms with Crippen LogP contribution in [-0.2, 0) is 0 Å². The van der Waals surface area contributed by atoms with Crippen molar-refractivity contribution in [3.63, 3.8) is 0 Å². The van der Waals surface area contributed by atoms with E-state index in [9.17, 15) is 0 Å². The van der Waals surface area contributed by atoms with Crippen molar-refractivity contribution in [1.82, 2.24) is 0 Å². The summed E-state index contributed by atoms with van der Waals surface area (Å²) in [6.07, 6.45) is 2.69. The highest BCUT2D eigenvalue weighted by molar-refractivity contribution is 5.94. The minimum atomic E-state index is 0.640. The van der Waals surface area contributed by atoms with Crippen LogP contribution < -0.4 is 9.47 Å². The van der Waals surface area contributed by atoms with E-state index in [1.165, 1.54) is 0 Å². The number of fused-ring (bicyclic) bond motifs is 3. The van der Waals surface area contributed by atoms with E-state index in [4.69, 9.17) is 9.47 Å². The number of nitrogens with zero attached hydrogens (tertiary/aromatic N) is 1. The van der Waals surface area contributed by atoms with Crippen molar-refractivity contribution in [3.8, 4) is 11.5 Å². The fourth-order valence-corrected chi connectivity index (χ4v) is 2.49. The Labute approximate surface area is 117 Å². The van der Waals surface area contributed by atoms with Gasteiger partial charge in [0.05, 0.1) is 12.2 Å². The van der Waals surface area contributed by atoms with Crippen molar-refractivity contribution in [1.29, 1.82) is 0 Å². The molecule has 0 amide bonds. The molecule has 98 valence electrons. The summed E-state index contributed by atoms with van der Waals surface area (Å²) in [5.41, 5.74) is 2.92. The van der Waals surface area contributed by atoms with Crippen LogP contribution in [0.2, 0.25) is 0 Å². The zero-order valence-corrected chi connectivity index (χ0v) is 10.9. The molecule has 0 unspecified atom stereocenters. The maximum absolute atomic E-state index is 6.14. The van der Waals surface area contributed by atoms with Crippen molar-refractivity contribution in [2.75, 3.05) is 6.61 Å². The van der Waals surface area contributed by atoms with E-state index in [1.54, 1.807) is 0 Å². The normalized spacial score (nSPS) is 16.0. The van der Waals surface area contributed by atoms with Crippen LogP contribution in [0, 0.1) is 0 Å². The van der Waals surface area contributed by atoms with Gasteiger partial charge in [0.25, 0.3) is 0 Å². The molecule has 0 fully saturated rings. The first-order chi connectivity index (χ1) is 9.92. The van der Waals surface area contributed by atoms with Gasteiger partial charge in [-0.05, 0) is 24.3 Å². The van der Waals surface area contributed by atoms with Crippen LogP contribution in [0.15, 0.2) is 59.1 Å². The summed E-state index contributed by atoms with van der Waals surface area (Å²) in [6.45, 7) is 0.640. The molecule has 2 aliphatic rings. The monoisotopic (exact) mass is 263 g/mol. The van der Waals surface area contributed by atoms with Crippen LogP contribution in [-0.4, -0.2) is 12.8 Å². The van der Waals surface area contributed by atoms with Gasteiger partial charge in [-0.2, -0.15) is 0 Å². The minimum Gasteiger partial charge on any atom is -0.492 e. The summed E-state index contributed by atoms with van der Waals surface area (Å²) < 4.78 is 11.9. The second-order valence-electron chi connectivity index (χ2n) is 4.78. The van der Waals surface area contributed by atoms with E-state index < -0.39 is 0 Å². The lowest BCUT2D eigenvalue weighted by molar-refractivity contribution is 0.325. The largest absolute Gasteiger partial charge is 0.492 e. The molecule has 2 aliphatic heterocycles. The molecule has 2 aromatic rings. The summed E-state index contributed by atoms with van der Waals surface area (Å²) in [7, 11) is 0. The first kappa shape index (κ1) is 11.3. The molecule has 0 saturated heterocycles. The lowest BCUT2D eigenvalue weighted by atomic mass is 10.1. The Morgan fingerprint density at radius 3 is 2.65 bits per heavy atom. The maximum Gasteiger partial charge on any atom is 0.153 e. The van der Waals surface area contributed by atoms with Gasteiger partial charge in [0.2, 0.25) is 0 Å². The van der Waals surface area contributed by atoms with Crippen LogP contribution >= 0.6 is 0 Å². The van der Waals surface area contributed by atoms with E-state index in [1.807, 2.05) is 54.7 Å². The quantitative estimate of drug-likeness (QED) is 0.720. The molecule has 0 atom stereocenters. The molecule has 0 spiro atoms. The Morgan fingerprint density at radius 1 is 0.900 bits per heavy atom. The third-order valence-electron chi connectivity index (χ3n) is 3.49. The third kappa shape index (κ3) is 1.79. The fourth-order valence-electron chi connectivity index (χ4n) is 2.49. The highest BCUT2D eigenvalue weighted by atomic mass is 16.5. The molecular weight excluding hydrogens is 250 g/mol. The molecule has 3 heteroatoms. The molecule has 20 heavy (non-hydrogen) atoms. The number of hydrogen-bond donors (Lipinski definition) is 0. The van der Waals surface area contributed by atoms with E-state index in [-0.39, 0.29) is 0 Å². The van der Waals surface area contributed by atoms with Gasteiger partial charge >= 0.3 is 0 Å². The van der Waals surface area contributed by atoms with E-state index >= 15 is 0 Å². The molecule has 0 aliphatic carbocycles. The van der Waals surface area contributed by atoms with Gasteiger partial charge < -0.3 is 9.47 Å². The number of ether oxygens (including phenoxy) is 2.